The largest absolute Gasteiger partial charge is 0.455 e. The zero-order valence-corrected chi connectivity index (χ0v) is 13.8. The first-order valence-electron chi connectivity index (χ1n) is 7.12. The lowest BCUT2D eigenvalue weighted by molar-refractivity contribution is -0.287. The molecule has 9 nitrogen and oxygen atoms in total. The van der Waals surface area contributed by atoms with E-state index in [1.807, 2.05) is 0 Å². The van der Waals surface area contributed by atoms with Crippen molar-refractivity contribution in [3.63, 3.8) is 0 Å². The van der Waals surface area contributed by atoms with Crippen LogP contribution in [0.3, 0.4) is 0 Å². The number of hydrogen-bond acceptors (Lipinski definition) is 9. The Morgan fingerprint density at radius 2 is 1.17 bits per heavy atom. The van der Waals surface area contributed by atoms with Crippen molar-refractivity contribution in [2.24, 2.45) is 0 Å². The zero-order chi connectivity index (χ0) is 18.4. The molecule has 0 saturated carbocycles. The van der Waals surface area contributed by atoms with Gasteiger partial charge in [-0.1, -0.05) is 6.08 Å². The van der Waals surface area contributed by atoms with E-state index >= 15 is 0 Å². The SMILES string of the molecule is C=CC1OC(OC(C)=O)[C@@H](OC(C)=O)[C@H](OC(C)=O)[C@@H]1OC(C)=O. The van der Waals surface area contributed by atoms with Crippen LogP contribution in [-0.4, -0.2) is 54.6 Å². The van der Waals surface area contributed by atoms with Gasteiger partial charge in [0, 0.05) is 27.7 Å². The second-order valence-electron chi connectivity index (χ2n) is 5.04. The van der Waals surface area contributed by atoms with Gasteiger partial charge in [-0.2, -0.15) is 0 Å². The van der Waals surface area contributed by atoms with Crippen LogP contribution >= 0.6 is 0 Å². The number of rotatable bonds is 5. The molecule has 0 amide bonds. The Morgan fingerprint density at radius 3 is 1.58 bits per heavy atom. The minimum atomic E-state index is -1.36. The van der Waals surface area contributed by atoms with E-state index < -0.39 is 54.6 Å². The number of carbonyl (C=O) groups is 4. The van der Waals surface area contributed by atoms with E-state index in [0.717, 1.165) is 27.7 Å². The highest BCUT2D eigenvalue weighted by molar-refractivity contribution is 5.69. The molecular weight excluding hydrogens is 324 g/mol. The van der Waals surface area contributed by atoms with E-state index in [9.17, 15) is 19.2 Å². The molecule has 0 aromatic heterocycles. The molecule has 0 aromatic carbocycles. The maximum Gasteiger partial charge on any atom is 0.305 e. The lowest BCUT2D eigenvalue weighted by Gasteiger charge is -2.42. The second kappa shape index (κ2) is 8.44. The van der Waals surface area contributed by atoms with Gasteiger partial charge < -0.3 is 23.7 Å². The van der Waals surface area contributed by atoms with Gasteiger partial charge in [0.1, 0.15) is 6.10 Å². The van der Waals surface area contributed by atoms with Crippen LogP contribution < -0.4 is 0 Å². The number of hydrogen-bond donors (Lipinski definition) is 0. The molecule has 0 aliphatic carbocycles. The van der Waals surface area contributed by atoms with Gasteiger partial charge in [0.15, 0.2) is 12.2 Å². The summed E-state index contributed by atoms with van der Waals surface area (Å²) in [5, 5.41) is 0. The minimum absolute atomic E-state index is 0.667. The summed E-state index contributed by atoms with van der Waals surface area (Å²) >= 11 is 0. The quantitative estimate of drug-likeness (QED) is 0.393. The summed E-state index contributed by atoms with van der Waals surface area (Å²) in [5.41, 5.74) is 0. The van der Waals surface area contributed by atoms with Gasteiger partial charge in [0.2, 0.25) is 12.4 Å². The topological polar surface area (TPSA) is 114 Å². The summed E-state index contributed by atoms with van der Waals surface area (Å²) in [5.74, 6) is -2.80. The summed E-state index contributed by atoms with van der Waals surface area (Å²) < 4.78 is 25.8. The van der Waals surface area contributed by atoms with Crippen LogP contribution in [-0.2, 0) is 42.9 Å². The van der Waals surface area contributed by atoms with E-state index in [2.05, 4.69) is 6.58 Å². The van der Waals surface area contributed by atoms with Crippen molar-refractivity contribution in [2.75, 3.05) is 0 Å². The van der Waals surface area contributed by atoms with Crippen LogP contribution in [0.25, 0.3) is 0 Å². The number of carbonyl (C=O) groups excluding carboxylic acids is 4. The van der Waals surface area contributed by atoms with Gasteiger partial charge in [0.25, 0.3) is 0 Å². The Kier molecular flexibility index (Phi) is 6.90. The molecule has 134 valence electrons. The molecular formula is C15H20O9. The predicted molar refractivity (Wildman–Crippen MR) is 77.3 cm³/mol. The van der Waals surface area contributed by atoms with E-state index in [-0.39, 0.29) is 0 Å². The standard InChI is InChI=1S/C15H20O9/c1-6-11-12(20-7(2)16)13(21-8(3)17)14(22-9(4)18)15(24-11)23-10(5)19/h6,11-15H,1H2,2-5H3/t11?,12-,13-,14+,15?/m1/s1. The Hall–Kier alpha value is -2.42. The summed E-state index contributed by atoms with van der Waals surface area (Å²) in [6.45, 7) is 8.10. The Morgan fingerprint density at radius 1 is 0.750 bits per heavy atom. The van der Waals surface area contributed by atoms with Gasteiger partial charge in [-0.15, -0.1) is 6.58 Å². The average Bonchev–Trinajstić information content (AvgIpc) is 2.42. The molecule has 5 atom stereocenters. The maximum absolute atomic E-state index is 11.4. The molecule has 0 spiro atoms. The fraction of sp³-hybridized carbons (Fsp3) is 0.600. The molecule has 2 unspecified atom stereocenters. The van der Waals surface area contributed by atoms with E-state index in [1.165, 1.54) is 6.08 Å². The van der Waals surface area contributed by atoms with Crippen LogP contribution in [0.5, 0.6) is 0 Å². The Balaban J connectivity index is 3.25. The number of esters is 4. The van der Waals surface area contributed by atoms with E-state index in [4.69, 9.17) is 23.7 Å². The first kappa shape index (κ1) is 19.6. The van der Waals surface area contributed by atoms with Gasteiger partial charge in [0.05, 0.1) is 0 Å². The summed E-state index contributed by atoms with van der Waals surface area (Å²) in [4.78, 5) is 45.4. The van der Waals surface area contributed by atoms with Crippen molar-refractivity contribution < 1.29 is 42.9 Å². The van der Waals surface area contributed by atoms with Crippen LogP contribution in [0.2, 0.25) is 0 Å². The molecule has 1 heterocycles. The highest BCUT2D eigenvalue weighted by Gasteiger charge is 2.52. The van der Waals surface area contributed by atoms with Crippen LogP contribution in [0.1, 0.15) is 27.7 Å². The molecule has 1 fully saturated rings. The van der Waals surface area contributed by atoms with Crippen LogP contribution in [0, 0.1) is 0 Å². The summed E-state index contributed by atoms with van der Waals surface area (Å²) in [6, 6.07) is 0. The lowest BCUT2D eigenvalue weighted by Crippen LogP contribution is -2.61. The molecule has 0 radical (unpaired) electrons. The maximum atomic E-state index is 11.4. The van der Waals surface area contributed by atoms with Crippen molar-refractivity contribution in [3.05, 3.63) is 12.7 Å². The van der Waals surface area contributed by atoms with Crippen molar-refractivity contribution in [1.29, 1.82) is 0 Å². The highest BCUT2D eigenvalue weighted by atomic mass is 16.7. The minimum Gasteiger partial charge on any atom is -0.455 e. The van der Waals surface area contributed by atoms with Crippen molar-refractivity contribution in [3.8, 4) is 0 Å². The third-order valence-electron chi connectivity index (χ3n) is 2.95. The van der Waals surface area contributed by atoms with Gasteiger partial charge in [-0.25, -0.2) is 0 Å². The normalized spacial score (nSPS) is 29.1. The first-order chi connectivity index (χ1) is 11.1. The Bertz CT molecular complexity index is 527. The molecule has 1 rings (SSSR count). The lowest BCUT2D eigenvalue weighted by atomic mass is 9.98. The third-order valence-corrected chi connectivity index (χ3v) is 2.95. The smallest absolute Gasteiger partial charge is 0.305 e. The fourth-order valence-electron chi connectivity index (χ4n) is 2.25. The summed E-state index contributed by atoms with van der Waals surface area (Å²) in [6.07, 6.45) is -4.68. The van der Waals surface area contributed by atoms with Gasteiger partial charge in [-0.05, 0) is 0 Å². The van der Waals surface area contributed by atoms with Crippen LogP contribution in [0.15, 0.2) is 12.7 Å². The summed E-state index contributed by atoms with van der Waals surface area (Å²) in [7, 11) is 0. The van der Waals surface area contributed by atoms with E-state index in [0.29, 0.717) is 0 Å². The number of ether oxygens (including phenoxy) is 5. The molecule has 0 aromatic rings. The molecule has 0 N–H and O–H groups in total. The molecule has 1 aliphatic heterocycles. The van der Waals surface area contributed by atoms with Gasteiger partial charge in [-0.3, -0.25) is 19.2 Å². The van der Waals surface area contributed by atoms with Crippen LogP contribution in [0.4, 0.5) is 0 Å². The first-order valence-corrected chi connectivity index (χ1v) is 7.12. The third kappa shape index (κ3) is 5.34. The highest BCUT2D eigenvalue weighted by Crippen LogP contribution is 2.30. The monoisotopic (exact) mass is 344 g/mol. The predicted octanol–water partition coefficient (Wildman–Crippen LogP) is 0.255. The van der Waals surface area contributed by atoms with E-state index in [1.54, 1.807) is 0 Å². The fourth-order valence-corrected chi connectivity index (χ4v) is 2.25. The molecule has 9 heteroatoms. The molecule has 0 bridgehead atoms. The molecule has 1 aliphatic rings. The van der Waals surface area contributed by atoms with Crippen molar-refractivity contribution >= 4 is 23.9 Å². The van der Waals surface area contributed by atoms with Crippen molar-refractivity contribution in [2.45, 2.75) is 58.4 Å². The van der Waals surface area contributed by atoms with Crippen molar-refractivity contribution in [1.82, 2.24) is 0 Å². The average molecular weight is 344 g/mol. The Labute approximate surface area is 138 Å². The zero-order valence-electron chi connectivity index (χ0n) is 13.8. The molecule has 24 heavy (non-hydrogen) atoms. The second-order valence-corrected chi connectivity index (χ2v) is 5.04. The van der Waals surface area contributed by atoms with Gasteiger partial charge >= 0.3 is 23.9 Å². The molecule has 1 saturated heterocycles.